The zero-order valence-corrected chi connectivity index (χ0v) is 21.7. The second-order valence-corrected chi connectivity index (χ2v) is 8.32. The van der Waals surface area contributed by atoms with Gasteiger partial charge in [-0.1, -0.05) is 30.3 Å². The van der Waals surface area contributed by atoms with Gasteiger partial charge < -0.3 is 40.2 Å². The van der Waals surface area contributed by atoms with Crippen molar-refractivity contribution < 1.29 is 39.1 Å². The summed E-state index contributed by atoms with van der Waals surface area (Å²) in [5.74, 6) is 0.235. The summed E-state index contributed by atoms with van der Waals surface area (Å²) in [5, 5.41) is 15.9. The van der Waals surface area contributed by atoms with Gasteiger partial charge >= 0.3 is 0 Å². The molecule has 1 aliphatic rings. The maximum absolute atomic E-state index is 11.9. The number of carbonyl (C=O) groups is 2. The Kier molecular flexibility index (Phi) is 15.6. The van der Waals surface area contributed by atoms with E-state index in [1.165, 1.54) is 12.5 Å². The number of hydrogen-bond donors (Lipinski definition) is 3. The lowest BCUT2D eigenvalue weighted by molar-refractivity contribution is -0.239. The first-order chi connectivity index (χ1) is 17.0. The summed E-state index contributed by atoms with van der Waals surface area (Å²) < 4.78 is 22.5. The lowest BCUT2D eigenvalue weighted by atomic mass is 10.1. The summed E-state index contributed by atoms with van der Waals surface area (Å²) in [6.45, 7) is 3.46. The molecule has 3 atom stereocenters. The molecular formula is C26H37ClN2O8. The molecule has 37 heavy (non-hydrogen) atoms. The Hall–Kier alpha value is -2.57. The van der Waals surface area contributed by atoms with Crippen LogP contribution in [0.5, 0.6) is 5.75 Å². The van der Waals surface area contributed by atoms with Crippen LogP contribution in [0.4, 0.5) is 0 Å². The van der Waals surface area contributed by atoms with E-state index in [0.29, 0.717) is 44.2 Å². The van der Waals surface area contributed by atoms with Crippen LogP contribution in [0.25, 0.3) is 0 Å². The summed E-state index contributed by atoms with van der Waals surface area (Å²) in [7, 11) is 0. The predicted octanol–water partition coefficient (Wildman–Crippen LogP) is 0.933. The fraction of sp³-hybridized carbons (Fsp3) is 0.462. The number of carbonyl (C=O) groups excluding carboxylic acids is 2. The highest BCUT2D eigenvalue weighted by molar-refractivity contribution is 5.94. The molecule has 0 aliphatic carbocycles. The van der Waals surface area contributed by atoms with Crippen LogP contribution < -0.4 is 15.4 Å². The summed E-state index contributed by atoms with van der Waals surface area (Å²) in [6, 6.07) is 16.7. The van der Waals surface area contributed by atoms with Crippen molar-refractivity contribution in [2.24, 2.45) is 0 Å². The van der Waals surface area contributed by atoms with Crippen LogP contribution in [0.3, 0.4) is 0 Å². The van der Waals surface area contributed by atoms with Crippen molar-refractivity contribution >= 4 is 24.1 Å². The van der Waals surface area contributed by atoms with Gasteiger partial charge in [-0.2, -0.15) is 0 Å². The Morgan fingerprint density at radius 1 is 1.05 bits per heavy atom. The highest BCUT2D eigenvalue weighted by atomic mass is 35.5. The van der Waals surface area contributed by atoms with Crippen LogP contribution in [0.15, 0.2) is 54.6 Å². The fourth-order valence-electron chi connectivity index (χ4n) is 3.44. The minimum absolute atomic E-state index is 0. The molecule has 1 heterocycles. The minimum atomic E-state index is -0.711. The molecule has 1 amide bonds. The molecule has 5 N–H and O–H groups in total. The third-order valence-electron chi connectivity index (χ3n) is 5.35. The van der Waals surface area contributed by atoms with Crippen LogP contribution in [-0.2, 0) is 25.4 Å². The Bertz CT molecular complexity index is 909. The predicted molar refractivity (Wildman–Crippen MR) is 140 cm³/mol. The van der Waals surface area contributed by atoms with Crippen molar-refractivity contribution in [3.63, 3.8) is 0 Å². The van der Waals surface area contributed by atoms with Crippen molar-refractivity contribution in [2.75, 3.05) is 46.1 Å². The minimum Gasteiger partial charge on any atom is -0.484 e. The molecule has 3 unspecified atom stereocenters. The first-order valence-electron chi connectivity index (χ1n) is 11.8. The largest absolute Gasteiger partial charge is 0.484 e. The first kappa shape index (κ1) is 32.5. The molecule has 2 aromatic rings. The van der Waals surface area contributed by atoms with Crippen molar-refractivity contribution in [1.29, 1.82) is 0 Å². The number of benzene rings is 2. The van der Waals surface area contributed by atoms with Gasteiger partial charge in [0.15, 0.2) is 18.7 Å². The molecule has 1 aliphatic heterocycles. The zero-order chi connectivity index (χ0) is 24.9. The average Bonchev–Trinajstić information content (AvgIpc) is 2.87. The smallest absolute Gasteiger partial charge is 0.257 e. The van der Waals surface area contributed by atoms with Gasteiger partial charge in [-0.15, -0.1) is 12.4 Å². The van der Waals surface area contributed by atoms with E-state index in [-0.39, 0.29) is 48.9 Å². The van der Waals surface area contributed by atoms with Gasteiger partial charge in [0.05, 0.1) is 32.0 Å². The number of rotatable bonds is 14. The van der Waals surface area contributed by atoms with Crippen LogP contribution in [0.1, 0.15) is 22.8 Å². The highest BCUT2D eigenvalue weighted by Gasteiger charge is 2.23. The van der Waals surface area contributed by atoms with E-state index in [9.17, 15) is 14.7 Å². The highest BCUT2D eigenvalue weighted by Crippen LogP contribution is 2.14. The molecule has 11 heteroatoms. The van der Waals surface area contributed by atoms with E-state index >= 15 is 0 Å². The lowest BCUT2D eigenvalue weighted by Gasteiger charge is -2.30. The van der Waals surface area contributed by atoms with Crippen molar-refractivity contribution in [3.8, 4) is 5.75 Å². The topological polar surface area (TPSA) is 147 Å². The number of aliphatic hydroxyl groups is 1. The van der Waals surface area contributed by atoms with E-state index in [0.717, 1.165) is 6.42 Å². The number of amides is 1. The van der Waals surface area contributed by atoms with Crippen LogP contribution in [-0.4, -0.2) is 86.8 Å². The monoisotopic (exact) mass is 540 g/mol. The van der Waals surface area contributed by atoms with Gasteiger partial charge in [-0.05, 0) is 36.8 Å². The van der Waals surface area contributed by atoms with Gasteiger partial charge in [0.2, 0.25) is 0 Å². The summed E-state index contributed by atoms with van der Waals surface area (Å²) in [6.07, 6.45) is -0.416. The molecule has 10 nitrogen and oxygen atoms in total. The summed E-state index contributed by atoms with van der Waals surface area (Å²) in [5.41, 5.74) is 1.79. The zero-order valence-electron chi connectivity index (χ0n) is 20.9. The molecule has 2 aromatic carbocycles. The van der Waals surface area contributed by atoms with Gasteiger partial charge in [0.1, 0.15) is 5.75 Å². The van der Waals surface area contributed by atoms with E-state index in [1.54, 1.807) is 24.3 Å². The standard InChI is InChI=1S/C26H34N2O7.ClH.H2O/c1-19(29)21-7-9-23(10-8-21)32-17-25(31)28-12-11-27-14-22(30)15-34-26-18-33-24(16-35-26)13-20-5-3-2-4-6-20;;/h2-10,22,24,26-27,30H,11-18H2,1H3,(H,28,31);1H;1H2. The number of ketones is 1. The van der Waals surface area contributed by atoms with Crippen LogP contribution in [0.2, 0.25) is 0 Å². The van der Waals surface area contributed by atoms with E-state index < -0.39 is 12.4 Å². The normalized spacial score (nSPS) is 17.6. The molecule has 1 saturated heterocycles. The fourth-order valence-corrected chi connectivity index (χ4v) is 3.44. The van der Waals surface area contributed by atoms with Gasteiger partial charge in [0.25, 0.3) is 5.91 Å². The Balaban J connectivity index is 0.00000342. The molecule has 1 fully saturated rings. The number of hydrogen-bond acceptors (Lipinski definition) is 8. The van der Waals surface area contributed by atoms with Gasteiger partial charge in [-0.25, -0.2) is 0 Å². The van der Waals surface area contributed by atoms with Crippen molar-refractivity contribution in [3.05, 3.63) is 65.7 Å². The maximum Gasteiger partial charge on any atom is 0.257 e. The number of Topliss-reactive ketones (excluding diaryl/α,β-unsaturated/α-hetero) is 1. The Morgan fingerprint density at radius 3 is 2.43 bits per heavy atom. The summed E-state index contributed by atoms with van der Waals surface area (Å²) in [4.78, 5) is 23.1. The Morgan fingerprint density at radius 2 is 1.78 bits per heavy atom. The van der Waals surface area contributed by atoms with Crippen LogP contribution in [0, 0.1) is 0 Å². The third kappa shape index (κ3) is 12.5. The molecule has 0 spiro atoms. The first-order valence-corrected chi connectivity index (χ1v) is 11.8. The number of halogens is 1. The van der Waals surface area contributed by atoms with E-state index in [1.807, 2.05) is 18.2 Å². The van der Waals surface area contributed by atoms with Gasteiger partial charge in [-0.3, -0.25) is 9.59 Å². The molecule has 3 rings (SSSR count). The molecule has 0 aromatic heterocycles. The summed E-state index contributed by atoms with van der Waals surface area (Å²) >= 11 is 0. The lowest BCUT2D eigenvalue weighted by Crippen LogP contribution is -2.41. The second kappa shape index (κ2) is 17.8. The molecular weight excluding hydrogens is 504 g/mol. The van der Waals surface area contributed by atoms with Crippen LogP contribution >= 0.6 is 12.4 Å². The quantitative estimate of drug-likeness (QED) is 0.237. The molecule has 0 saturated carbocycles. The van der Waals surface area contributed by atoms with Crippen molar-refractivity contribution in [1.82, 2.24) is 10.6 Å². The maximum atomic E-state index is 11.9. The molecule has 0 bridgehead atoms. The van der Waals surface area contributed by atoms with E-state index in [2.05, 4.69) is 22.8 Å². The van der Waals surface area contributed by atoms with Gasteiger partial charge in [0, 0.05) is 31.6 Å². The number of ether oxygens (including phenoxy) is 4. The SMILES string of the molecule is CC(=O)c1ccc(OCC(=O)NCCNCC(O)COC2COC(Cc3ccccc3)CO2)cc1.Cl.O. The average molecular weight is 541 g/mol. The third-order valence-corrected chi connectivity index (χ3v) is 5.35. The second-order valence-electron chi connectivity index (χ2n) is 8.32. The molecule has 206 valence electrons. The number of nitrogens with one attached hydrogen (secondary N) is 2. The number of aliphatic hydroxyl groups excluding tert-OH is 1. The van der Waals surface area contributed by atoms with Crippen molar-refractivity contribution in [2.45, 2.75) is 31.8 Å². The Labute approximate surface area is 223 Å². The molecule has 0 radical (unpaired) electrons. The van der Waals surface area contributed by atoms with E-state index in [4.69, 9.17) is 18.9 Å².